The zero-order valence-electron chi connectivity index (χ0n) is 17.4. The molecule has 0 unspecified atom stereocenters. The van der Waals surface area contributed by atoms with E-state index in [9.17, 15) is 15.3 Å². The average molecular weight is 390 g/mol. The van der Waals surface area contributed by atoms with Crippen LogP contribution < -0.4 is 5.32 Å². The van der Waals surface area contributed by atoms with Crippen LogP contribution in [0.5, 0.6) is 0 Å². The standard InChI is InChI=1S/C21H43NO5/c1-3-5-6-7-8-9-10-11-12-13-15-26-21-20(25)19(24)18(23)17(27-21)16-22-14-4-2/h17-25H,3-16H2,1-2H3/t17-,18-,19+,20-,21-/m1/s1. The van der Waals surface area contributed by atoms with Crippen LogP contribution in [0.1, 0.15) is 84.5 Å². The second-order valence-electron chi connectivity index (χ2n) is 7.77. The van der Waals surface area contributed by atoms with Crippen molar-refractivity contribution in [1.29, 1.82) is 0 Å². The van der Waals surface area contributed by atoms with Gasteiger partial charge in [-0.1, -0.05) is 71.6 Å². The van der Waals surface area contributed by atoms with E-state index >= 15 is 0 Å². The molecule has 27 heavy (non-hydrogen) atoms. The maximum atomic E-state index is 10.1. The molecule has 1 heterocycles. The lowest BCUT2D eigenvalue weighted by atomic mass is 9.99. The van der Waals surface area contributed by atoms with Crippen molar-refractivity contribution in [2.24, 2.45) is 0 Å². The molecule has 1 rings (SSSR count). The Hall–Kier alpha value is -0.240. The molecule has 0 bridgehead atoms. The second-order valence-corrected chi connectivity index (χ2v) is 7.77. The summed E-state index contributed by atoms with van der Waals surface area (Å²) in [4.78, 5) is 0. The van der Waals surface area contributed by atoms with Crippen LogP contribution in [0, 0.1) is 0 Å². The lowest BCUT2D eigenvalue weighted by Gasteiger charge is -2.40. The van der Waals surface area contributed by atoms with E-state index in [1.807, 2.05) is 0 Å². The Morgan fingerprint density at radius 2 is 1.33 bits per heavy atom. The zero-order valence-corrected chi connectivity index (χ0v) is 17.4. The highest BCUT2D eigenvalue weighted by Crippen LogP contribution is 2.22. The molecule has 6 nitrogen and oxygen atoms in total. The quantitative estimate of drug-likeness (QED) is 0.304. The Balaban J connectivity index is 2.12. The first kappa shape index (κ1) is 24.8. The third-order valence-corrected chi connectivity index (χ3v) is 5.22. The van der Waals surface area contributed by atoms with E-state index in [2.05, 4.69) is 19.2 Å². The first-order valence-corrected chi connectivity index (χ1v) is 11.1. The van der Waals surface area contributed by atoms with E-state index in [0.29, 0.717) is 13.2 Å². The fraction of sp³-hybridized carbons (Fsp3) is 1.00. The van der Waals surface area contributed by atoms with Crippen LogP contribution in [0.2, 0.25) is 0 Å². The number of hydrogen-bond donors (Lipinski definition) is 4. The molecule has 4 N–H and O–H groups in total. The normalized spacial score (nSPS) is 28.6. The third kappa shape index (κ3) is 10.2. The fourth-order valence-corrected chi connectivity index (χ4v) is 3.43. The molecule has 1 saturated heterocycles. The summed E-state index contributed by atoms with van der Waals surface area (Å²) >= 11 is 0. The lowest BCUT2D eigenvalue weighted by Crippen LogP contribution is -2.60. The highest BCUT2D eigenvalue weighted by molar-refractivity contribution is 4.90. The molecule has 1 aliphatic rings. The van der Waals surface area contributed by atoms with E-state index in [4.69, 9.17) is 9.47 Å². The van der Waals surface area contributed by atoms with Crippen molar-refractivity contribution in [2.45, 2.75) is 115 Å². The van der Waals surface area contributed by atoms with E-state index in [1.165, 1.54) is 51.4 Å². The van der Waals surface area contributed by atoms with Gasteiger partial charge in [0.05, 0.1) is 0 Å². The molecule has 0 aromatic rings. The van der Waals surface area contributed by atoms with Crippen LogP contribution in [0.15, 0.2) is 0 Å². The zero-order chi connectivity index (χ0) is 19.9. The Bertz CT molecular complexity index is 345. The van der Waals surface area contributed by atoms with E-state index in [0.717, 1.165) is 25.8 Å². The van der Waals surface area contributed by atoms with Crippen molar-refractivity contribution in [3.63, 3.8) is 0 Å². The monoisotopic (exact) mass is 389 g/mol. The smallest absolute Gasteiger partial charge is 0.186 e. The van der Waals surface area contributed by atoms with Crippen LogP contribution in [-0.2, 0) is 9.47 Å². The molecule has 1 aliphatic heterocycles. The van der Waals surface area contributed by atoms with Crippen molar-refractivity contribution in [3.8, 4) is 0 Å². The number of aliphatic hydroxyl groups is 3. The number of nitrogens with one attached hydrogen (secondary N) is 1. The first-order chi connectivity index (χ1) is 13.1. The maximum absolute atomic E-state index is 10.1. The molecule has 0 aliphatic carbocycles. The van der Waals surface area contributed by atoms with Crippen molar-refractivity contribution in [3.05, 3.63) is 0 Å². The molecular weight excluding hydrogens is 346 g/mol. The fourth-order valence-electron chi connectivity index (χ4n) is 3.43. The molecule has 0 spiro atoms. The largest absolute Gasteiger partial charge is 0.388 e. The summed E-state index contributed by atoms with van der Waals surface area (Å²) < 4.78 is 11.3. The second kappa shape index (κ2) is 15.7. The lowest BCUT2D eigenvalue weighted by molar-refractivity contribution is -0.295. The van der Waals surface area contributed by atoms with Crippen LogP contribution >= 0.6 is 0 Å². The molecule has 0 aromatic heterocycles. The summed E-state index contributed by atoms with van der Waals surface area (Å²) in [5, 5.41) is 33.3. The Morgan fingerprint density at radius 3 is 1.93 bits per heavy atom. The predicted octanol–water partition coefficient (Wildman–Crippen LogP) is 2.73. The SMILES string of the molecule is CCCCCCCCCCCCO[C@@H]1O[C@H](CNCCC)[C@@H](O)[C@H](O)[C@H]1O. The van der Waals surface area contributed by atoms with Gasteiger partial charge >= 0.3 is 0 Å². The van der Waals surface area contributed by atoms with Gasteiger partial charge in [-0.15, -0.1) is 0 Å². The highest BCUT2D eigenvalue weighted by Gasteiger charge is 2.43. The van der Waals surface area contributed by atoms with Gasteiger partial charge < -0.3 is 30.1 Å². The number of unbranched alkanes of at least 4 members (excludes halogenated alkanes) is 9. The van der Waals surface area contributed by atoms with Gasteiger partial charge in [0.15, 0.2) is 6.29 Å². The van der Waals surface area contributed by atoms with Crippen molar-refractivity contribution < 1.29 is 24.8 Å². The summed E-state index contributed by atoms with van der Waals surface area (Å²) in [5.74, 6) is 0. The third-order valence-electron chi connectivity index (χ3n) is 5.22. The first-order valence-electron chi connectivity index (χ1n) is 11.1. The summed E-state index contributed by atoms with van der Waals surface area (Å²) in [7, 11) is 0. The Kier molecular flexibility index (Phi) is 14.4. The molecule has 162 valence electrons. The summed E-state index contributed by atoms with van der Waals surface area (Å²) in [5.41, 5.74) is 0. The topological polar surface area (TPSA) is 91.2 Å². The molecule has 0 aromatic carbocycles. The minimum atomic E-state index is -1.25. The molecule has 6 heteroatoms. The summed E-state index contributed by atoms with van der Waals surface area (Å²) in [6.07, 6.45) is 8.47. The van der Waals surface area contributed by atoms with E-state index in [-0.39, 0.29) is 0 Å². The van der Waals surface area contributed by atoms with E-state index < -0.39 is 30.7 Å². The minimum absolute atomic E-state index is 0.427. The van der Waals surface area contributed by atoms with Gasteiger partial charge in [-0.25, -0.2) is 0 Å². The van der Waals surface area contributed by atoms with Crippen molar-refractivity contribution in [1.82, 2.24) is 5.32 Å². The van der Waals surface area contributed by atoms with Gasteiger partial charge in [0.1, 0.15) is 24.4 Å². The van der Waals surface area contributed by atoms with Crippen LogP contribution in [0.25, 0.3) is 0 Å². The number of ether oxygens (including phenoxy) is 2. The molecule has 0 amide bonds. The molecule has 5 atom stereocenters. The number of aliphatic hydroxyl groups excluding tert-OH is 3. The van der Waals surface area contributed by atoms with E-state index in [1.54, 1.807) is 0 Å². The van der Waals surface area contributed by atoms with Gasteiger partial charge in [0.2, 0.25) is 0 Å². The average Bonchev–Trinajstić information content (AvgIpc) is 2.67. The van der Waals surface area contributed by atoms with Gasteiger partial charge in [0.25, 0.3) is 0 Å². The van der Waals surface area contributed by atoms with Crippen LogP contribution in [-0.4, -0.2) is 65.7 Å². The van der Waals surface area contributed by atoms with Crippen molar-refractivity contribution >= 4 is 0 Å². The molecule has 1 fully saturated rings. The number of hydrogen-bond acceptors (Lipinski definition) is 6. The van der Waals surface area contributed by atoms with Crippen LogP contribution in [0.3, 0.4) is 0 Å². The van der Waals surface area contributed by atoms with Gasteiger partial charge in [-0.2, -0.15) is 0 Å². The minimum Gasteiger partial charge on any atom is -0.388 e. The predicted molar refractivity (Wildman–Crippen MR) is 108 cm³/mol. The Morgan fingerprint density at radius 1 is 0.741 bits per heavy atom. The molecule has 0 saturated carbocycles. The van der Waals surface area contributed by atoms with Gasteiger partial charge in [0, 0.05) is 13.2 Å². The number of rotatable bonds is 16. The van der Waals surface area contributed by atoms with Gasteiger partial charge in [-0.3, -0.25) is 0 Å². The summed E-state index contributed by atoms with van der Waals surface area (Å²) in [6, 6.07) is 0. The molecular formula is C21H43NO5. The highest BCUT2D eigenvalue weighted by atomic mass is 16.7. The Labute approximate surface area is 165 Å². The van der Waals surface area contributed by atoms with Crippen LogP contribution in [0.4, 0.5) is 0 Å². The van der Waals surface area contributed by atoms with Crippen molar-refractivity contribution in [2.75, 3.05) is 19.7 Å². The molecule has 0 radical (unpaired) electrons. The maximum Gasteiger partial charge on any atom is 0.186 e. The van der Waals surface area contributed by atoms with Gasteiger partial charge in [-0.05, 0) is 19.4 Å². The summed E-state index contributed by atoms with van der Waals surface area (Å²) in [6.45, 7) is 6.04.